The van der Waals surface area contributed by atoms with E-state index >= 15 is 0 Å². The molecule has 1 N–H and O–H groups in total. The molecule has 0 radical (unpaired) electrons. The minimum Gasteiger partial charge on any atom is -0.468 e. The molecule has 19 heavy (non-hydrogen) atoms. The fourth-order valence-electron chi connectivity index (χ4n) is 2.61. The summed E-state index contributed by atoms with van der Waals surface area (Å²) < 4.78 is 10.9. The Bertz CT molecular complexity index is 283. The summed E-state index contributed by atoms with van der Waals surface area (Å²) in [4.78, 5) is 11.9. The first kappa shape index (κ1) is 16.4. The number of hydrogen-bond donors (Lipinski definition) is 1. The summed E-state index contributed by atoms with van der Waals surface area (Å²) in [6, 6.07) is 0. The predicted octanol–water partition coefficient (Wildman–Crippen LogP) is 2.51. The smallest absolute Gasteiger partial charge is 0.328 e. The first-order chi connectivity index (χ1) is 9.03. The van der Waals surface area contributed by atoms with Gasteiger partial charge in [0.15, 0.2) is 0 Å². The second-order valence-electron chi connectivity index (χ2n) is 5.86. The minimum absolute atomic E-state index is 0.246. The minimum atomic E-state index is -0.734. The van der Waals surface area contributed by atoms with Gasteiger partial charge >= 0.3 is 5.97 Å². The van der Waals surface area contributed by atoms with E-state index in [4.69, 9.17) is 9.47 Å². The molecule has 0 heterocycles. The van der Waals surface area contributed by atoms with Crippen molar-refractivity contribution < 1.29 is 14.3 Å². The molecule has 0 aromatic carbocycles. The van der Waals surface area contributed by atoms with Crippen LogP contribution in [0.15, 0.2) is 0 Å². The number of ether oxygens (including phenoxy) is 2. The molecular weight excluding hydrogens is 242 g/mol. The first-order valence-electron chi connectivity index (χ1n) is 7.48. The van der Waals surface area contributed by atoms with E-state index in [0.29, 0.717) is 12.5 Å². The topological polar surface area (TPSA) is 47.6 Å². The van der Waals surface area contributed by atoms with Gasteiger partial charge < -0.3 is 14.8 Å². The van der Waals surface area contributed by atoms with Crippen molar-refractivity contribution in [3.63, 3.8) is 0 Å². The normalized spacial score (nSPS) is 26.7. The number of nitrogens with one attached hydrogen (secondary N) is 1. The second-order valence-corrected chi connectivity index (χ2v) is 5.86. The van der Waals surface area contributed by atoms with E-state index in [1.807, 2.05) is 6.92 Å². The van der Waals surface area contributed by atoms with Gasteiger partial charge in [0.25, 0.3) is 0 Å². The highest BCUT2D eigenvalue weighted by molar-refractivity contribution is 5.80. The van der Waals surface area contributed by atoms with E-state index in [-0.39, 0.29) is 12.1 Å². The van der Waals surface area contributed by atoms with Gasteiger partial charge in [-0.1, -0.05) is 26.7 Å². The molecule has 3 atom stereocenters. The van der Waals surface area contributed by atoms with Gasteiger partial charge in [0.2, 0.25) is 0 Å². The third kappa shape index (κ3) is 4.77. The second kappa shape index (κ2) is 7.85. The lowest BCUT2D eigenvalue weighted by Crippen LogP contribution is -2.54. The molecule has 3 unspecified atom stereocenters. The Kier molecular flexibility index (Phi) is 6.80. The van der Waals surface area contributed by atoms with Crippen LogP contribution in [0.3, 0.4) is 0 Å². The van der Waals surface area contributed by atoms with E-state index in [2.05, 4.69) is 19.2 Å². The SMILES string of the molecule is CCCNC(C)(COC1CCCCC1C)C(=O)OC. The summed E-state index contributed by atoms with van der Waals surface area (Å²) in [5, 5.41) is 3.25. The van der Waals surface area contributed by atoms with Crippen LogP contribution >= 0.6 is 0 Å². The molecule has 0 aromatic rings. The summed E-state index contributed by atoms with van der Waals surface area (Å²) >= 11 is 0. The van der Waals surface area contributed by atoms with Gasteiger partial charge in [-0.2, -0.15) is 0 Å². The van der Waals surface area contributed by atoms with Crippen molar-refractivity contribution in [3.05, 3.63) is 0 Å². The lowest BCUT2D eigenvalue weighted by atomic mass is 9.88. The molecule has 1 fully saturated rings. The maximum absolute atomic E-state index is 11.9. The quantitative estimate of drug-likeness (QED) is 0.723. The van der Waals surface area contributed by atoms with Crippen LogP contribution in [0.5, 0.6) is 0 Å². The summed E-state index contributed by atoms with van der Waals surface area (Å²) in [5.41, 5.74) is -0.734. The number of hydrogen-bond acceptors (Lipinski definition) is 4. The highest BCUT2D eigenvalue weighted by Gasteiger charge is 2.35. The van der Waals surface area contributed by atoms with Gasteiger partial charge in [-0.05, 0) is 38.6 Å². The van der Waals surface area contributed by atoms with Crippen molar-refractivity contribution in [3.8, 4) is 0 Å². The van der Waals surface area contributed by atoms with E-state index in [1.165, 1.54) is 26.4 Å². The fourth-order valence-corrected chi connectivity index (χ4v) is 2.61. The van der Waals surface area contributed by atoms with Crippen LogP contribution in [0, 0.1) is 5.92 Å². The standard InChI is InChI=1S/C15H29NO3/c1-5-10-16-15(3,14(17)18-4)11-19-13-9-7-6-8-12(13)2/h12-13,16H,5-11H2,1-4H3. The fraction of sp³-hybridized carbons (Fsp3) is 0.933. The van der Waals surface area contributed by atoms with E-state index in [9.17, 15) is 4.79 Å². The molecule has 0 bridgehead atoms. The molecule has 1 rings (SSSR count). The molecule has 1 saturated carbocycles. The van der Waals surface area contributed by atoms with Crippen LogP contribution in [0.2, 0.25) is 0 Å². The van der Waals surface area contributed by atoms with Gasteiger partial charge in [-0.15, -0.1) is 0 Å². The van der Waals surface area contributed by atoms with Gasteiger partial charge in [0.05, 0.1) is 19.8 Å². The lowest BCUT2D eigenvalue weighted by Gasteiger charge is -2.33. The van der Waals surface area contributed by atoms with Crippen molar-refractivity contribution in [1.29, 1.82) is 0 Å². The molecule has 0 aromatic heterocycles. The molecular formula is C15H29NO3. The van der Waals surface area contributed by atoms with Crippen LogP contribution < -0.4 is 5.32 Å². The lowest BCUT2D eigenvalue weighted by molar-refractivity contribution is -0.152. The number of rotatable bonds is 7. The van der Waals surface area contributed by atoms with Crippen LogP contribution in [-0.2, 0) is 14.3 Å². The predicted molar refractivity (Wildman–Crippen MR) is 76.1 cm³/mol. The summed E-state index contributed by atoms with van der Waals surface area (Å²) in [5.74, 6) is 0.339. The molecule has 0 amide bonds. The summed E-state index contributed by atoms with van der Waals surface area (Å²) in [6.07, 6.45) is 6.11. The molecule has 0 saturated heterocycles. The molecule has 112 valence electrons. The number of esters is 1. The van der Waals surface area contributed by atoms with Gasteiger partial charge in [0, 0.05) is 0 Å². The van der Waals surface area contributed by atoms with Gasteiger partial charge in [-0.3, -0.25) is 0 Å². The van der Waals surface area contributed by atoms with Crippen molar-refractivity contribution in [2.75, 3.05) is 20.3 Å². The van der Waals surface area contributed by atoms with E-state index in [0.717, 1.165) is 19.4 Å². The zero-order chi connectivity index (χ0) is 14.3. The highest BCUT2D eigenvalue weighted by Crippen LogP contribution is 2.27. The monoisotopic (exact) mass is 271 g/mol. The number of carbonyl (C=O) groups is 1. The Morgan fingerprint density at radius 3 is 2.63 bits per heavy atom. The number of carbonyl (C=O) groups excluding carboxylic acids is 1. The molecule has 4 nitrogen and oxygen atoms in total. The van der Waals surface area contributed by atoms with E-state index < -0.39 is 5.54 Å². The molecule has 1 aliphatic rings. The summed E-state index contributed by atoms with van der Waals surface area (Å²) in [6.45, 7) is 7.35. The molecule has 0 spiro atoms. The van der Waals surface area contributed by atoms with Crippen LogP contribution in [0.25, 0.3) is 0 Å². The Morgan fingerprint density at radius 1 is 1.37 bits per heavy atom. The van der Waals surface area contributed by atoms with Gasteiger partial charge in [-0.25, -0.2) is 4.79 Å². The maximum Gasteiger partial charge on any atom is 0.328 e. The van der Waals surface area contributed by atoms with Crippen LogP contribution in [0.4, 0.5) is 0 Å². The Balaban J connectivity index is 2.54. The first-order valence-corrected chi connectivity index (χ1v) is 7.48. The third-order valence-corrected chi connectivity index (χ3v) is 4.02. The Labute approximate surface area is 117 Å². The number of methoxy groups -OCH3 is 1. The van der Waals surface area contributed by atoms with Crippen molar-refractivity contribution in [1.82, 2.24) is 5.32 Å². The Hall–Kier alpha value is -0.610. The van der Waals surface area contributed by atoms with Crippen molar-refractivity contribution >= 4 is 5.97 Å². The Morgan fingerprint density at radius 2 is 2.05 bits per heavy atom. The van der Waals surface area contributed by atoms with Crippen LogP contribution in [0.1, 0.15) is 52.9 Å². The average Bonchev–Trinajstić information content (AvgIpc) is 2.43. The maximum atomic E-state index is 11.9. The molecule has 1 aliphatic carbocycles. The van der Waals surface area contributed by atoms with Gasteiger partial charge in [0.1, 0.15) is 5.54 Å². The third-order valence-electron chi connectivity index (χ3n) is 4.02. The zero-order valence-electron chi connectivity index (χ0n) is 12.8. The average molecular weight is 271 g/mol. The van der Waals surface area contributed by atoms with E-state index in [1.54, 1.807) is 0 Å². The molecule has 4 heteroatoms. The van der Waals surface area contributed by atoms with Crippen molar-refractivity contribution in [2.24, 2.45) is 5.92 Å². The summed E-state index contributed by atoms with van der Waals surface area (Å²) in [7, 11) is 1.43. The largest absolute Gasteiger partial charge is 0.468 e. The zero-order valence-corrected chi connectivity index (χ0v) is 12.8. The molecule has 0 aliphatic heterocycles. The van der Waals surface area contributed by atoms with Crippen molar-refractivity contribution in [2.45, 2.75) is 64.5 Å². The van der Waals surface area contributed by atoms with Crippen LogP contribution in [-0.4, -0.2) is 37.9 Å². The highest BCUT2D eigenvalue weighted by atomic mass is 16.5.